The molecule has 0 saturated heterocycles. The van der Waals surface area contributed by atoms with E-state index in [1.165, 1.54) is 10.4 Å². The van der Waals surface area contributed by atoms with E-state index in [0.29, 0.717) is 5.69 Å². The molecule has 0 aliphatic heterocycles. The quantitative estimate of drug-likeness (QED) is 0.857. The topological polar surface area (TPSA) is 50.9 Å². The van der Waals surface area contributed by atoms with Crippen molar-refractivity contribution in [2.24, 2.45) is 0 Å². The van der Waals surface area contributed by atoms with Gasteiger partial charge in [0.05, 0.1) is 12.2 Å². The molecule has 16 heavy (non-hydrogen) atoms. The van der Waals surface area contributed by atoms with Crippen molar-refractivity contribution in [3.63, 3.8) is 0 Å². The summed E-state index contributed by atoms with van der Waals surface area (Å²) in [7, 11) is 0. The van der Waals surface area contributed by atoms with Crippen LogP contribution in [0.3, 0.4) is 0 Å². The Bertz CT molecular complexity index is 491. The van der Waals surface area contributed by atoms with Crippen molar-refractivity contribution in [1.82, 2.24) is 4.98 Å². The minimum absolute atomic E-state index is 0.703. The Balaban J connectivity index is 2.08. The van der Waals surface area contributed by atoms with E-state index in [1.807, 2.05) is 19.2 Å². The van der Waals surface area contributed by atoms with E-state index in [4.69, 9.17) is 5.73 Å². The third kappa shape index (κ3) is 2.33. The van der Waals surface area contributed by atoms with Gasteiger partial charge in [-0.05, 0) is 42.5 Å². The molecule has 0 amide bonds. The first-order valence-electron chi connectivity index (χ1n) is 5.16. The summed E-state index contributed by atoms with van der Waals surface area (Å²) in [5.41, 5.74) is 8.97. The van der Waals surface area contributed by atoms with Gasteiger partial charge in [-0.3, -0.25) is 0 Å². The molecule has 2 heterocycles. The number of aromatic nitrogens is 1. The summed E-state index contributed by atoms with van der Waals surface area (Å²) < 4.78 is 0. The van der Waals surface area contributed by atoms with Crippen LogP contribution in [-0.4, -0.2) is 4.98 Å². The number of hydrogen-bond acceptors (Lipinski definition) is 4. The number of anilines is 2. The van der Waals surface area contributed by atoms with Gasteiger partial charge in [0.15, 0.2) is 0 Å². The lowest BCUT2D eigenvalue weighted by atomic mass is 10.2. The Morgan fingerprint density at radius 1 is 1.44 bits per heavy atom. The summed E-state index contributed by atoms with van der Waals surface area (Å²) >= 11 is 1.75. The van der Waals surface area contributed by atoms with Crippen LogP contribution in [0.15, 0.2) is 23.7 Å². The van der Waals surface area contributed by atoms with Crippen LogP contribution < -0.4 is 11.1 Å². The fraction of sp³-hybridized carbons (Fsp3) is 0.250. The van der Waals surface area contributed by atoms with Gasteiger partial charge in [-0.2, -0.15) is 0 Å². The zero-order chi connectivity index (χ0) is 11.5. The molecule has 2 aromatic heterocycles. The number of nitrogen functional groups attached to an aromatic ring is 1. The number of nitrogens with zero attached hydrogens (tertiary/aromatic N) is 1. The van der Waals surface area contributed by atoms with Crippen LogP contribution in [0.4, 0.5) is 11.5 Å². The van der Waals surface area contributed by atoms with Gasteiger partial charge in [0.25, 0.3) is 0 Å². The monoisotopic (exact) mass is 233 g/mol. The maximum absolute atomic E-state index is 5.88. The zero-order valence-electron chi connectivity index (χ0n) is 9.45. The van der Waals surface area contributed by atoms with Crippen LogP contribution in [0.5, 0.6) is 0 Å². The number of rotatable bonds is 3. The number of nitrogens with two attached hydrogens (primary N) is 1. The van der Waals surface area contributed by atoms with E-state index in [0.717, 1.165) is 17.9 Å². The molecular formula is C12H15N3S. The van der Waals surface area contributed by atoms with Crippen LogP contribution in [0, 0.1) is 13.8 Å². The molecule has 0 spiro atoms. The maximum atomic E-state index is 5.88. The average Bonchev–Trinajstić information content (AvgIpc) is 2.63. The SMILES string of the molecule is Cc1cnc(NCc2sccc2C)c(N)c1. The van der Waals surface area contributed by atoms with Gasteiger partial charge < -0.3 is 11.1 Å². The average molecular weight is 233 g/mol. The third-order valence-corrected chi connectivity index (χ3v) is 3.46. The number of thiophene rings is 1. The largest absolute Gasteiger partial charge is 0.396 e. The highest BCUT2D eigenvalue weighted by Crippen LogP contribution is 2.20. The lowest BCUT2D eigenvalue weighted by molar-refractivity contribution is 1.12. The summed E-state index contributed by atoms with van der Waals surface area (Å²) in [6, 6.07) is 4.05. The van der Waals surface area contributed by atoms with Gasteiger partial charge in [0, 0.05) is 11.1 Å². The van der Waals surface area contributed by atoms with E-state index in [-0.39, 0.29) is 0 Å². The van der Waals surface area contributed by atoms with Crippen molar-refractivity contribution < 1.29 is 0 Å². The van der Waals surface area contributed by atoms with Crippen LogP contribution in [0.1, 0.15) is 16.0 Å². The molecule has 0 saturated carbocycles. The molecule has 84 valence electrons. The standard InChI is InChI=1S/C12H15N3S/c1-8-5-10(13)12(14-6-8)15-7-11-9(2)3-4-16-11/h3-6H,7,13H2,1-2H3,(H,14,15). The van der Waals surface area contributed by atoms with Crippen molar-refractivity contribution in [3.05, 3.63) is 39.7 Å². The van der Waals surface area contributed by atoms with Crippen molar-refractivity contribution in [2.45, 2.75) is 20.4 Å². The third-order valence-electron chi connectivity index (χ3n) is 2.44. The first-order chi connectivity index (χ1) is 7.66. The van der Waals surface area contributed by atoms with Gasteiger partial charge in [-0.15, -0.1) is 11.3 Å². The highest BCUT2D eigenvalue weighted by Gasteiger charge is 2.03. The lowest BCUT2D eigenvalue weighted by Gasteiger charge is -2.08. The van der Waals surface area contributed by atoms with Gasteiger partial charge in [-0.25, -0.2) is 4.98 Å². The molecule has 0 fully saturated rings. The van der Waals surface area contributed by atoms with Crippen LogP contribution in [0.25, 0.3) is 0 Å². The Hall–Kier alpha value is -1.55. The van der Waals surface area contributed by atoms with E-state index in [2.05, 4.69) is 28.7 Å². The Morgan fingerprint density at radius 2 is 2.25 bits per heavy atom. The van der Waals surface area contributed by atoms with E-state index < -0.39 is 0 Å². The number of nitrogens with one attached hydrogen (secondary N) is 1. The molecule has 2 rings (SSSR count). The highest BCUT2D eigenvalue weighted by molar-refractivity contribution is 7.10. The van der Waals surface area contributed by atoms with Crippen LogP contribution in [-0.2, 0) is 6.54 Å². The summed E-state index contributed by atoms with van der Waals surface area (Å²) in [6.45, 7) is 4.87. The van der Waals surface area contributed by atoms with Crippen LogP contribution >= 0.6 is 11.3 Å². The first kappa shape index (κ1) is 11.0. The molecule has 0 aliphatic carbocycles. The fourth-order valence-corrected chi connectivity index (χ4v) is 2.33. The molecule has 0 aromatic carbocycles. The highest BCUT2D eigenvalue weighted by atomic mass is 32.1. The molecule has 3 nitrogen and oxygen atoms in total. The molecule has 4 heteroatoms. The van der Waals surface area contributed by atoms with Crippen molar-refractivity contribution >= 4 is 22.8 Å². The van der Waals surface area contributed by atoms with Gasteiger partial charge in [0.2, 0.25) is 0 Å². The Labute approximate surface area is 99.3 Å². The number of pyridine rings is 1. The lowest BCUT2D eigenvalue weighted by Crippen LogP contribution is -2.04. The fourth-order valence-electron chi connectivity index (χ4n) is 1.49. The molecule has 2 aromatic rings. The maximum Gasteiger partial charge on any atom is 0.149 e. The molecule has 0 unspecified atom stereocenters. The minimum atomic E-state index is 0.703. The van der Waals surface area contributed by atoms with Gasteiger partial charge in [-0.1, -0.05) is 0 Å². The summed E-state index contributed by atoms with van der Waals surface area (Å²) in [5, 5.41) is 5.35. The second-order valence-corrected chi connectivity index (χ2v) is 4.83. The molecule has 0 aliphatic rings. The van der Waals surface area contributed by atoms with Gasteiger partial charge >= 0.3 is 0 Å². The number of hydrogen-bond donors (Lipinski definition) is 2. The van der Waals surface area contributed by atoms with Crippen molar-refractivity contribution in [1.29, 1.82) is 0 Å². The number of aryl methyl sites for hydroxylation is 2. The smallest absolute Gasteiger partial charge is 0.149 e. The van der Waals surface area contributed by atoms with E-state index in [9.17, 15) is 0 Å². The normalized spacial score (nSPS) is 10.4. The Morgan fingerprint density at radius 3 is 2.88 bits per heavy atom. The van der Waals surface area contributed by atoms with E-state index in [1.54, 1.807) is 11.3 Å². The molecule has 0 atom stereocenters. The Kier molecular flexibility index (Phi) is 3.10. The summed E-state index contributed by atoms with van der Waals surface area (Å²) in [4.78, 5) is 5.60. The predicted molar refractivity (Wildman–Crippen MR) is 69.8 cm³/mol. The molecule has 0 radical (unpaired) electrons. The molecule has 0 bridgehead atoms. The first-order valence-corrected chi connectivity index (χ1v) is 6.04. The molecule has 3 N–H and O–H groups in total. The van der Waals surface area contributed by atoms with Crippen molar-refractivity contribution in [3.8, 4) is 0 Å². The second-order valence-electron chi connectivity index (χ2n) is 3.83. The zero-order valence-corrected chi connectivity index (χ0v) is 10.3. The predicted octanol–water partition coefficient (Wildman–Crippen LogP) is 2.95. The van der Waals surface area contributed by atoms with Crippen LogP contribution in [0.2, 0.25) is 0 Å². The summed E-state index contributed by atoms with van der Waals surface area (Å²) in [6.07, 6.45) is 1.82. The summed E-state index contributed by atoms with van der Waals surface area (Å²) in [5.74, 6) is 0.762. The second kappa shape index (κ2) is 4.53. The van der Waals surface area contributed by atoms with E-state index >= 15 is 0 Å². The molecular weight excluding hydrogens is 218 g/mol. The minimum Gasteiger partial charge on any atom is -0.396 e. The van der Waals surface area contributed by atoms with Gasteiger partial charge in [0.1, 0.15) is 5.82 Å². The van der Waals surface area contributed by atoms with Crippen molar-refractivity contribution in [2.75, 3.05) is 11.1 Å².